The highest BCUT2D eigenvalue weighted by Gasteiger charge is 2.10. The molecule has 0 amide bonds. The first-order valence-electron chi connectivity index (χ1n) is 7.33. The standard InChI is InChI=1S/C16H22BrN3O/c1-3-14(4-2)20-9-8-13(19-20)11-21-16-12(10-18)6-5-7-15(16)17/h5-9,14H,3-4,10-11,18H2,1-2H3. The van der Waals surface area contributed by atoms with Crippen LogP contribution in [0.1, 0.15) is 44.0 Å². The van der Waals surface area contributed by atoms with E-state index in [1.165, 1.54) is 0 Å². The van der Waals surface area contributed by atoms with Gasteiger partial charge in [0.05, 0.1) is 16.2 Å². The first-order valence-corrected chi connectivity index (χ1v) is 8.13. The minimum Gasteiger partial charge on any atom is -0.486 e. The van der Waals surface area contributed by atoms with Crippen LogP contribution in [0.5, 0.6) is 5.75 Å². The van der Waals surface area contributed by atoms with Gasteiger partial charge in [-0.25, -0.2) is 0 Å². The molecular formula is C16H22BrN3O. The lowest BCUT2D eigenvalue weighted by Crippen LogP contribution is -2.09. The Bertz CT molecular complexity index is 579. The molecule has 0 bridgehead atoms. The molecule has 0 atom stereocenters. The van der Waals surface area contributed by atoms with E-state index in [-0.39, 0.29) is 0 Å². The van der Waals surface area contributed by atoms with E-state index in [0.717, 1.165) is 34.3 Å². The number of para-hydroxylation sites is 1. The normalized spacial score (nSPS) is 11.1. The summed E-state index contributed by atoms with van der Waals surface area (Å²) in [6.07, 6.45) is 4.19. The molecule has 1 heterocycles. The predicted molar refractivity (Wildman–Crippen MR) is 88.2 cm³/mol. The van der Waals surface area contributed by atoms with Crippen molar-refractivity contribution in [3.05, 3.63) is 46.2 Å². The predicted octanol–water partition coefficient (Wildman–Crippen LogP) is 4.04. The summed E-state index contributed by atoms with van der Waals surface area (Å²) in [4.78, 5) is 0. The maximum absolute atomic E-state index is 5.90. The average Bonchev–Trinajstić information content (AvgIpc) is 2.96. The Morgan fingerprint density at radius 3 is 2.71 bits per heavy atom. The summed E-state index contributed by atoms with van der Waals surface area (Å²) in [6.45, 7) is 5.26. The number of aromatic nitrogens is 2. The zero-order valence-electron chi connectivity index (χ0n) is 12.6. The molecule has 5 heteroatoms. The van der Waals surface area contributed by atoms with E-state index >= 15 is 0 Å². The Morgan fingerprint density at radius 1 is 1.29 bits per heavy atom. The monoisotopic (exact) mass is 351 g/mol. The molecule has 0 aliphatic carbocycles. The maximum Gasteiger partial charge on any atom is 0.138 e. The van der Waals surface area contributed by atoms with Crippen LogP contribution in [0.25, 0.3) is 0 Å². The highest BCUT2D eigenvalue weighted by atomic mass is 79.9. The highest BCUT2D eigenvalue weighted by molar-refractivity contribution is 9.10. The van der Waals surface area contributed by atoms with E-state index in [0.29, 0.717) is 19.2 Å². The Kier molecular flexibility index (Phi) is 5.82. The van der Waals surface area contributed by atoms with Crippen LogP contribution >= 0.6 is 15.9 Å². The van der Waals surface area contributed by atoms with Crippen LogP contribution in [0.4, 0.5) is 0 Å². The topological polar surface area (TPSA) is 53.1 Å². The largest absolute Gasteiger partial charge is 0.486 e. The molecule has 0 radical (unpaired) electrons. The molecule has 21 heavy (non-hydrogen) atoms. The van der Waals surface area contributed by atoms with Crippen LogP contribution in [-0.4, -0.2) is 9.78 Å². The third-order valence-corrected chi connectivity index (χ3v) is 4.24. The van der Waals surface area contributed by atoms with Crippen molar-refractivity contribution >= 4 is 15.9 Å². The Hall–Kier alpha value is -1.33. The van der Waals surface area contributed by atoms with Gasteiger partial charge in [-0.05, 0) is 40.9 Å². The Balaban J connectivity index is 2.07. The molecule has 1 aromatic heterocycles. The Morgan fingerprint density at radius 2 is 2.05 bits per heavy atom. The van der Waals surface area contributed by atoms with Crippen molar-refractivity contribution in [3.8, 4) is 5.75 Å². The molecule has 0 unspecified atom stereocenters. The van der Waals surface area contributed by atoms with Gasteiger partial charge in [0.2, 0.25) is 0 Å². The average molecular weight is 352 g/mol. The van der Waals surface area contributed by atoms with Gasteiger partial charge >= 0.3 is 0 Å². The van der Waals surface area contributed by atoms with Gasteiger partial charge in [-0.3, -0.25) is 4.68 Å². The molecule has 0 aliphatic rings. The van der Waals surface area contributed by atoms with E-state index in [1.807, 2.05) is 35.1 Å². The highest BCUT2D eigenvalue weighted by Crippen LogP contribution is 2.29. The maximum atomic E-state index is 5.90. The molecule has 2 aromatic rings. The molecule has 0 fully saturated rings. The second-order valence-corrected chi connectivity index (χ2v) is 5.83. The minimum atomic E-state index is 0.447. The van der Waals surface area contributed by atoms with Crippen LogP contribution in [0.3, 0.4) is 0 Å². The van der Waals surface area contributed by atoms with Crippen LogP contribution in [0.15, 0.2) is 34.9 Å². The number of ether oxygens (including phenoxy) is 1. The van der Waals surface area contributed by atoms with Crippen molar-refractivity contribution in [2.45, 2.75) is 45.9 Å². The van der Waals surface area contributed by atoms with Crippen LogP contribution in [0.2, 0.25) is 0 Å². The lowest BCUT2D eigenvalue weighted by atomic mass is 10.2. The summed E-state index contributed by atoms with van der Waals surface area (Å²) in [7, 11) is 0. The summed E-state index contributed by atoms with van der Waals surface area (Å²) in [6, 6.07) is 8.36. The lowest BCUT2D eigenvalue weighted by Gasteiger charge is -2.13. The number of nitrogens with two attached hydrogens (primary N) is 1. The molecule has 1 aromatic carbocycles. The second-order valence-electron chi connectivity index (χ2n) is 4.98. The van der Waals surface area contributed by atoms with Crippen molar-refractivity contribution in [3.63, 3.8) is 0 Å². The minimum absolute atomic E-state index is 0.447. The number of hydrogen-bond donors (Lipinski definition) is 1. The van der Waals surface area contributed by atoms with E-state index in [9.17, 15) is 0 Å². The summed E-state index contributed by atoms with van der Waals surface area (Å²) in [5.41, 5.74) is 7.67. The summed E-state index contributed by atoms with van der Waals surface area (Å²) >= 11 is 3.51. The Labute approximate surface area is 134 Å². The first-order chi connectivity index (χ1) is 10.2. The first kappa shape index (κ1) is 16.0. The fourth-order valence-electron chi connectivity index (χ4n) is 2.34. The lowest BCUT2D eigenvalue weighted by molar-refractivity contribution is 0.292. The van der Waals surface area contributed by atoms with Gasteiger partial charge in [0.15, 0.2) is 0 Å². The third kappa shape index (κ3) is 3.86. The summed E-state index contributed by atoms with van der Waals surface area (Å²) in [5.74, 6) is 0.803. The second kappa shape index (κ2) is 7.61. The zero-order valence-corrected chi connectivity index (χ0v) is 14.1. The fourth-order valence-corrected chi connectivity index (χ4v) is 2.86. The van der Waals surface area contributed by atoms with Crippen molar-refractivity contribution < 1.29 is 4.74 Å². The van der Waals surface area contributed by atoms with Gasteiger partial charge in [0, 0.05) is 18.3 Å². The third-order valence-electron chi connectivity index (χ3n) is 3.61. The molecule has 2 rings (SSSR count). The van der Waals surface area contributed by atoms with Gasteiger partial charge in [-0.1, -0.05) is 26.0 Å². The molecule has 0 saturated carbocycles. The fraction of sp³-hybridized carbons (Fsp3) is 0.438. The molecule has 2 N–H and O–H groups in total. The smallest absolute Gasteiger partial charge is 0.138 e. The number of hydrogen-bond acceptors (Lipinski definition) is 3. The number of nitrogens with zero attached hydrogens (tertiary/aromatic N) is 2. The SMILES string of the molecule is CCC(CC)n1ccc(COc2c(Br)cccc2CN)n1. The van der Waals surface area contributed by atoms with Gasteiger partial charge in [0.1, 0.15) is 12.4 Å². The van der Waals surface area contributed by atoms with Crippen molar-refractivity contribution in [2.24, 2.45) is 5.73 Å². The molecule has 0 saturated heterocycles. The number of benzene rings is 1. The van der Waals surface area contributed by atoms with Gasteiger partial charge < -0.3 is 10.5 Å². The van der Waals surface area contributed by atoms with E-state index in [1.54, 1.807) is 0 Å². The van der Waals surface area contributed by atoms with E-state index in [2.05, 4.69) is 34.9 Å². The zero-order chi connectivity index (χ0) is 15.2. The number of halogens is 1. The molecule has 0 spiro atoms. The molecule has 4 nitrogen and oxygen atoms in total. The summed E-state index contributed by atoms with van der Waals surface area (Å²) in [5, 5.41) is 4.60. The molecule has 0 aliphatic heterocycles. The number of rotatable bonds is 7. The van der Waals surface area contributed by atoms with Gasteiger partial charge in [-0.2, -0.15) is 5.10 Å². The van der Waals surface area contributed by atoms with Gasteiger partial charge in [-0.15, -0.1) is 0 Å². The van der Waals surface area contributed by atoms with Crippen molar-refractivity contribution in [1.29, 1.82) is 0 Å². The van der Waals surface area contributed by atoms with Crippen LogP contribution in [0, 0.1) is 0 Å². The molecule has 114 valence electrons. The molecular weight excluding hydrogens is 330 g/mol. The van der Waals surface area contributed by atoms with Crippen molar-refractivity contribution in [1.82, 2.24) is 9.78 Å². The van der Waals surface area contributed by atoms with Crippen LogP contribution in [-0.2, 0) is 13.2 Å². The van der Waals surface area contributed by atoms with Gasteiger partial charge in [0.25, 0.3) is 0 Å². The van der Waals surface area contributed by atoms with Crippen molar-refractivity contribution in [2.75, 3.05) is 0 Å². The summed E-state index contributed by atoms with van der Waals surface area (Å²) < 4.78 is 8.85. The van der Waals surface area contributed by atoms with Crippen LogP contribution < -0.4 is 10.5 Å². The van der Waals surface area contributed by atoms with E-state index < -0.39 is 0 Å². The quantitative estimate of drug-likeness (QED) is 0.818. The van der Waals surface area contributed by atoms with E-state index in [4.69, 9.17) is 10.5 Å².